The first-order chi connectivity index (χ1) is 21.4. The van der Waals surface area contributed by atoms with E-state index in [1.54, 1.807) is 71.6 Å². The number of sulfonamides is 1. The fourth-order valence-electron chi connectivity index (χ4n) is 5.20. The Morgan fingerprint density at radius 2 is 1.55 bits per heavy atom. The highest BCUT2D eigenvalue weighted by molar-refractivity contribution is 8.01. The molecule has 0 saturated carbocycles. The maximum Gasteiger partial charge on any atom is 0.261 e. The third-order valence-electron chi connectivity index (χ3n) is 7.31. The lowest BCUT2D eigenvalue weighted by Gasteiger charge is -2.43. The Hall–Kier alpha value is -3.58. The first-order valence-electron chi connectivity index (χ1n) is 14.1. The number of anilines is 1. The Morgan fingerprint density at radius 1 is 0.841 bits per heavy atom. The summed E-state index contributed by atoms with van der Waals surface area (Å²) in [5.41, 5.74) is 3.93. The summed E-state index contributed by atoms with van der Waals surface area (Å²) >= 11 is 3.14. The minimum Gasteiger partial charge on any atom is -0.392 e. The summed E-state index contributed by atoms with van der Waals surface area (Å²) in [7, 11) is -3.78. The van der Waals surface area contributed by atoms with Gasteiger partial charge in [0.05, 0.1) is 23.7 Å². The molecule has 11 heteroatoms. The second-order valence-electron chi connectivity index (χ2n) is 10.3. The van der Waals surface area contributed by atoms with E-state index in [2.05, 4.69) is 27.1 Å². The van der Waals surface area contributed by atoms with E-state index in [9.17, 15) is 13.5 Å². The van der Waals surface area contributed by atoms with Crippen LogP contribution in [0.15, 0.2) is 118 Å². The monoisotopic (exact) mass is 645 g/mol. The second-order valence-corrected chi connectivity index (χ2v) is 14.5. The molecule has 5 aromatic rings. The molecule has 4 aromatic carbocycles. The van der Waals surface area contributed by atoms with Crippen LogP contribution >= 0.6 is 23.1 Å². The fraction of sp³-hybridized carbons (Fsp3) is 0.212. The van der Waals surface area contributed by atoms with Crippen molar-refractivity contribution in [2.75, 3.05) is 10.5 Å². The number of hydrogen-bond donors (Lipinski definition) is 2. The molecule has 1 aliphatic heterocycles. The van der Waals surface area contributed by atoms with Crippen LogP contribution in [0.5, 0.6) is 0 Å². The molecule has 1 aromatic heterocycles. The highest BCUT2D eigenvalue weighted by Crippen LogP contribution is 2.48. The Kier molecular flexibility index (Phi) is 9.41. The van der Waals surface area contributed by atoms with Gasteiger partial charge in [0.15, 0.2) is 10.6 Å². The maximum atomic E-state index is 13.0. The van der Waals surface area contributed by atoms with Crippen molar-refractivity contribution < 1.29 is 23.0 Å². The summed E-state index contributed by atoms with van der Waals surface area (Å²) < 4.78 is 43.1. The number of hydrogen-bond acceptors (Lipinski definition) is 9. The average Bonchev–Trinajstić information content (AvgIpc) is 3.49. The van der Waals surface area contributed by atoms with Crippen LogP contribution in [-0.2, 0) is 26.1 Å². The molecular weight excluding hydrogens is 615 g/mol. The van der Waals surface area contributed by atoms with Crippen LogP contribution in [-0.4, -0.2) is 35.6 Å². The zero-order valence-corrected chi connectivity index (χ0v) is 26.3. The van der Waals surface area contributed by atoms with E-state index in [0.29, 0.717) is 17.0 Å². The summed E-state index contributed by atoms with van der Waals surface area (Å²) in [5.74, 6) is 0.438. The molecular formula is C33H31N3O5S3. The van der Waals surface area contributed by atoms with Gasteiger partial charge in [0.25, 0.3) is 10.0 Å². The summed E-state index contributed by atoms with van der Waals surface area (Å²) in [4.78, 5) is 0.177. The topological polar surface area (TPSA) is 111 Å². The lowest BCUT2D eigenvalue weighted by Crippen LogP contribution is -2.38. The highest BCUT2D eigenvalue weighted by atomic mass is 32.2. The van der Waals surface area contributed by atoms with Gasteiger partial charge < -0.3 is 14.6 Å². The van der Waals surface area contributed by atoms with Gasteiger partial charge in [-0.3, -0.25) is 4.72 Å². The lowest BCUT2D eigenvalue weighted by molar-refractivity contribution is -0.255. The molecule has 0 amide bonds. The summed E-state index contributed by atoms with van der Waals surface area (Å²) in [6.45, 7) is 1.88. The quantitative estimate of drug-likeness (QED) is 0.158. The highest BCUT2D eigenvalue weighted by Gasteiger charge is 2.42. The van der Waals surface area contributed by atoms with E-state index in [0.717, 1.165) is 26.0 Å². The molecule has 0 radical (unpaired) electrons. The van der Waals surface area contributed by atoms with Crippen molar-refractivity contribution in [3.05, 3.63) is 136 Å². The molecule has 1 aliphatic rings. The molecule has 4 atom stereocenters. The number of aliphatic hydroxyl groups excluding tert-OH is 1. The van der Waals surface area contributed by atoms with Gasteiger partial charge in [0.2, 0.25) is 0 Å². The predicted octanol–water partition coefficient (Wildman–Crippen LogP) is 6.87. The average molecular weight is 646 g/mol. The Morgan fingerprint density at radius 3 is 2.23 bits per heavy atom. The molecule has 0 bridgehead atoms. The number of nitrogens with one attached hydrogen (secondary N) is 1. The van der Waals surface area contributed by atoms with Crippen LogP contribution in [0.3, 0.4) is 0 Å². The first-order valence-corrected chi connectivity index (χ1v) is 17.3. The standard InChI is InChI=1S/C33H31N3O5S3/c1-22-34-35-33(43-22)42-21-29-30(24-9-4-2-5-10-24)31(25-17-15-23(20-37)16-18-25)41-32(40-29)26-11-8-12-27(19-26)36-44(38,39)28-13-6-3-7-14-28/h2-19,29-32,36-37H,20-21H2,1H3. The fourth-order valence-corrected chi connectivity index (χ4v) is 8.18. The normalized spacial score (nSPS) is 20.3. The summed E-state index contributed by atoms with van der Waals surface area (Å²) in [5, 5.41) is 19.0. The molecule has 1 fully saturated rings. The molecule has 2 N–H and O–H groups in total. The summed E-state index contributed by atoms with van der Waals surface area (Å²) in [6, 6.07) is 33.3. The van der Waals surface area contributed by atoms with Crippen molar-refractivity contribution in [1.29, 1.82) is 0 Å². The zero-order chi connectivity index (χ0) is 30.5. The molecule has 1 saturated heterocycles. The Bertz CT molecular complexity index is 1780. The smallest absolute Gasteiger partial charge is 0.261 e. The predicted molar refractivity (Wildman–Crippen MR) is 172 cm³/mol. The second kappa shape index (κ2) is 13.6. The lowest BCUT2D eigenvalue weighted by atomic mass is 9.84. The Labute approximate surface area is 265 Å². The van der Waals surface area contributed by atoms with Crippen molar-refractivity contribution in [1.82, 2.24) is 10.2 Å². The third-order valence-corrected chi connectivity index (χ3v) is 10.8. The number of ether oxygens (including phenoxy) is 2. The molecule has 0 aliphatic carbocycles. The molecule has 6 rings (SSSR count). The molecule has 0 spiro atoms. The minimum atomic E-state index is -3.78. The number of rotatable bonds is 10. The molecule has 8 nitrogen and oxygen atoms in total. The van der Waals surface area contributed by atoms with Crippen LogP contribution in [0.2, 0.25) is 0 Å². The SMILES string of the molecule is Cc1nnc(SCC2OC(c3cccc(NS(=O)(=O)c4ccccc4)c3)OC(c3ccc(CO)cc3)C2c2ccccc2)s1. The largest absolute Gasteiger partial charge is 0.392 e. The van der Waals surface area contributed by atoms with Gasteiger partial charge in [0.1, 0.15) is 5.01 Å². The van der Waals surface area contributed by atoms with Gasteiger partial charge in [-0.25, -0.2) is 8.42 Å². The van der Waals surface area contributed by atoms with Crippen molar-refractivity contribution >= 4 is 38.8 Å². The molecule has 44 heavy (non-hydrogen) atoms. The number of aliphatic hydroxyl groups is 1. The van der Waals surface area contributed by atoms with Gasteiger partial charge in [0, 0.05) is 22.9 Å². The van der Waals surface area contributed by atoms with Gasteiger partial charge in [-0.15, -0.1) is 10.2 Å². The van der Waals surface area contributed by atoms with Gasteiger partial charge >= 0.3 is 0 Å². The van der Waals surface area contributed by atoms with Gasteiger partial charge in [-0.05, 0) is 47.9 Å². The van der Waals surface area contributed by atoms with Crippen molar-refractivity contribution in [3.8, 4) is 0 Å². The van der Waals surface area contributed by atoms with E-state index in [1.807, 2.05) is 55.5 Å². The first kappa shape index (κ1) is 30.4. The van der Waals surface area contributed by atoms with E-state index < -0.39 is 22.4 Å². The summed E-state index contributed by atoms with van der Waals surface area (Å²) in [6.07, 6.45) is -1.46. The number of aryl methyl sites for hydroxylation is 1. The van der Waals surface area contributed by atoms with Crippen LogP contribution in [0, 0.1) is 6.92 Å². The maximum absolute atomic E-state index is 13.0. The van der Waals surface area contributed by atoms with Crippen LogP contribution < -0.4 is 4.72 Å². The van der Waals surface area contributed by atoms with E-state index in [4.69, 9.17) is 9.47 Å². The van der Waals surface area contributed by atoms with Crippen LogP contribution in [0.4, 0.5) is 5.69 Å². The van der Waals surface area contributed by atoms with E-state index in [-0.39, 0.29) is 23.5 Å². The molecule has 2 heterocycles. The van der Waals surface area contributed by atoms with Crippen molar-refractivity contribution in [2.45, 2.75) is 47.2 Å². The van der Waals surface area contributed by atoms with Crippen LogP contribution in [0.25, 0.3) is 0 Å². The Balaban J connectivity index is 1.35. The number of benzene rings is 4. The van der Waals surface area contributed by atoms with E-state index >= 15 is 0 Å². The van der Waals surface area contributed by atoms with Gasteiger partial charge in [-0.1, -0.05) is 108 Å². The van der Waals surface area contributed by atoms with Crippen molar-refractivity contribution in [2.24, 2.45) is 0 Å². The number of thioether (sulfide) groups is 1. The molecule has 4 unspecified atom stereocenters. The van der Waals surface area contributed by atoms with E-state index in [1.165, 1.54) is 0 Å². The van der Waals surface area contributed by atoms with Crippen molar-refractivity contribution in [3.63, 3.8) is 0 Å². The van der Waals surface area contributed by atoms with Gasteiger partial charge in [-0.2, -0.15) is 0 Å². The zero-order valence-electron chi connectivity index (χ0n) is 23.8. The number of nitrogens with zero attached hydrogens (tertiary/aromatic N) is 2. The number of aromatic nitrogens is 2. The third kappa shape index (κ3) is 7.04. The molecule has 226 valence electrons. The van der Waals surface area contributed by atoms with Crippen LogP contribution in [0.1, 0.15) is 45.6 Å². The minimum absolute atomic E-state index is 0.0497.